The van der Waals surface area contributed by atoms with E-state index in [1.54, 1.807) is 0 Å². The number of hydrogen-bond donors (Lipinski definition) is 0. The molecule has 0 N–H and O–H groups in total. The van der Waals surface area contributed by atoms with E-state index in [1.807, 2.05) is 12.1 Å². The molecule has 2 aromatic carbocycles. The molecule has 20 heavy (non-hydrogen) atoms. The molecule has 1 nitrogen and oxygen atoms in total. The Morgan fingerprint density at radius 3 is 2.30 bits per heavy atom. The molecule has 0 fully saturated rings. The van der Waals surface area contributed by atoms with Gasteiger partial charge < -0.3 is 4.74 Å². The van der Waals surface area contributed by atoms with Crippen molar-refractivity contribution in [2.45, 2.75) is 26.3 Å². The van der Waals surface area contributed by atoms with Crippen LogP contribution in [0.1, 0.15) is 22.3 Å². The molecule has 0 spiro atoms. The quantitative estimate of drug-likeness (QED) is 0.542. The Morgan fingerprint density at radius 2 is 1.70 bits per heavy atom. The van der Waals surface area contributed by atoms with Crippen LogP contribution in [0, 0.1) is 13.8 Å². The van der Waals surface area contributed by atoms with Crippen LogP contribution < -0.4 is 4.74 Å². The molecule has 4 heteroatoms. The molecule has 0 aromatic heterocycles. The topological polar surface area (TPSA) is 9.23 Å². The van der Waals surface area contributed by atoms with Gasteiger partial charge in [-0.2, -0.15) is 0 Å². The van der Waals surface area contributed by atoms with Crippen molar-refractivity contribution in [3.63, 3.8) is 0 Å². The molecule has 0 radical (unpaired) electrons. The fourth-order valence-corrected chi connectivity index (χ4v) is 3.60. The Hall–Kier alpha value is -0.510. The first-order valence-corrected chi connectivity index (χ1v) is 8.36. The first-order chi connectivity index (χ1) is 9.51. The summed E-state index contributed by atoms with van der Waals surface area (Å²) in [5.41, 5.74) is 4.72. The molecule has 106 valence electrons. The number of alkyl halides is 1. The molecule has 0 bridgehead atoms. The Morgan fingerprint density at radius 1 is 1.05 bits per heavy atom. The van der Waals surface area contributed by atoms with Crippen molar-refractivity contribution < 1.29 is 4.74 Å². The summed E-state index contributed by atoms with van der Waals surface area (Å²) in [6.07, 6.45) is 0. The molecule has 2 rings (SSSR count). The second-order valence-corrected chi connectivity index (χ2v) is 6.72. The summed E-state index contributed by atoms with van der Waals surface area (Å²) < 4.78 is 7.77. The molecule has 0 aliphatic carbocycles. The summed E-state index contributed by atoms with van der Waals surface area (Å²) in [4.78, 5) is 0. The minimum atomic E-state index is 0.481. The fourth-order valence-electron chi connectivity index (χ4n) is 1.93. The van der Waals surface area contributed by atoms with Gasteiger partial charge in [0.2, 0.25) is 0 Å². The highest BCUT2D eigenvalue weighted by atomic mass is 79.9. The molecular weight excluding hydrogens is 403 g/mol. The van der Waals surface area contributed by atoms with Crippen LogP contribution >= 0.6 is 43.5 Å². The average Bonchev–Trinajstić information content (AvgIpc) is 2.41. The molecule has 0 heterocycles. The highest BCUT2D eigenvalue weighted by Gasteiger charge is 2.10. The minimum absolute atomic E-state index is 0.481. The summed E-state index contributed by atoms with van der Waals surface area (Å²) in [5.74, 6) is 1.29. The molecule has 0 unspecified atom stereocenters. The minimum Gasteiger partial charge on any atom is -0.487 e. The van der Waals surface area contributed by atoms with Crippen molar-refractivity contribution in [2.75, 3.05) is 0 Å². The van der Waals surface area contributed by atoms with Crippen LogP contribution in [-0.2, 0) is 12.5 Å². The van der Waals surface area contributed by atoms with E-state index in [4.69, 9.17) is 16.3 Å². The van der Waals surface area contributed by atoms with Gasteiger partial charge in [0, 0.05) is 5.88 Å². The lowest BCUT2D eigenvalue weighted by molar-refractivity contribution is 0.301. The van der Waals surface area contributed by atoms with E-state index in [0.29, 0.717) is 12.5 Å². The van der Waals surface area contributed by atoms with E-state index in [2.05, 4.69) is 63.9 Å². The van der Waals surface area contributed by atoms with Crippen LogP contribution in [0.3, 0.4) is 0 Å². The number of benzene rings is 2. The van der Waals surface area contributed by atoms with Gasteiger partial charge in [-0.05, 0) is 74.5 Å². The molecule has 0 aliphatic heterocycles. The van der Waals surface area contributed by atoms with Crippen molar-refractivity contribution in [1.82, 2.24) is 0 Å². The highest BCUT2D eigenvalue weighted by molar-refractivity contribution is 9.11. The largest absolute Gasteiger partial charge is 0.487 e. The normalized spacial score (nSPS) is 10.7. The maximum atomic E-state index is 5.95. The second-order valence-electron chi connectivity index (χ2n) is 4.74. The third-order valence-electron chi connectivity index (χ3n) is 3.09. The molecular formula is C16H15Br2ClO. The fraction of sp³-hybridized carbons (Fsp3) is 0.250. The predicted octanol–water partition coefficient (Wildman–Crippen LogP) is 6.15. The van der Waals surface area contributed by atoms with Crippen LogP contribution in [0.15, 0.2) is 39.3 Å². The predicted molar refractivity (Wildman–Crippen MR) is 91.6 cm³/mol. The van der Waals surface area contributed by atoms with Crippen LogP contribution in [-0.4, -0.2) is 0 Å². The van der Waals surface area contributed by atoms with Gasteiger partial charge >= 0.3 is 0 Å². The Labute approximate surface area is 141 Å². The number of rotatable bonds is 4. The monoisotopic (exact) mass is 416 g/mol. The lowest BCUT2D eigenvalue weighted by Crippen LogP contribution is -2.00. The van der Waals surface area contributed by atoms with Crippen molar-refractivity contribution in [1.29, 1.82) is 0 Å². The number of ether oxygens (including phenoxy) is 1. The third-order valence-corrected chi connectivity index (χ3v) is 4.58. The van der Waals surface area contributed by atoms with Gasteiger partial charge in [0.15, 0.2) is 0 Å². The van der Waals surface area contributed by atoms with Gasteiger partial charge in [-0.25, -0.2) is 0 Å². The van der Waals surface area contributed by atoms with E-state index in [9.17, 15) is 0 Å². The number of halogens is 3. The van der Waals surface area contributed by atoms with Crippen LogP contribution in [0.4, 0.5) is 0 Å². The molecule has 2 aromatic rings. The van der Waals surface area contributed by atoms with Crippen molar-refractivity contribution in [3.8, 4) is 5.75 Å². The SMILES string of the molecule is Cc1ccc(C)c(COc2c(Br)cc(CCl)cc2Br)c1. The first-order valence-electron chi connectivity index (χ1n) is 6.24. The summed E-state index contributed by atoms with van der Waals surface area (Å²) in [6.45, 7) is 4.73. The average molecular weight is 419 g/mol. The molecule has 0 saturated heterocycles. The Balaban J connectivity index is 2.21. The molecule has 0 saturated carbocycles. The van der Waals surface area contributed by atoms with E-state index >= 15 is 0 Å². The summed E-state index contributed by atoms with van der Waals surface area (Å²) in [6, 6.07) is 10.4. The Bertz CT molecular complexity index is 603. The van der Waals surface area contributed by atoms with Crippen molar-refractivity contribution in [2.24, 2.45) is 0 Å². The summed E-state index contributed by atoms with van der Waals surface area (Å²) in [7, 11) is 0. The second kappa shape index (κ2) is 6.97. The zero-order valence-electron chi connectivity index (χ0n) is 11.3. The molecule has 0 atom stereocenters. The van der Waals surface area contributed by atoms with E-state index in [0.717, 1.165) is 20.3 Å². The van der Waals surface area contributed by atoms with Gasteiger partial charge in [-0.15, -0.1) is 11.6 Å². The highest BCUT2D eigenvalue weighted by Crippen LogP contribution is 2.35. The number of hydrogen-bond acceptors (Lipinski definition) is 1. The van der Waals surface area contributed by atoms with Crippen molar-refractivity contribution in [3.05, 3.63) is 61.5 Å². The lowest BCUT2D eigenvalue weighted by atomic mass is 10.1. The van der Waals surface area contributed by atoms with E-state index in [-0.39, 0.29) is 0 Å². The zero-order chi connectivity index (χ0) is 14.7. The van der Waals surface area contributed by atoms with Gasteiger partial charge in [-0.1, -0.05) is 23.8 Å². The van der Waals surface area contributed by atoms with Crippen molar-refractivity contribution >= 4 is 43.5 Å². The van der Waals surface area contributed by atoms with Gasteiger partial charge in [0.05, 0.1) is 8.95 Å². The van der Waals surface area contributed by atoms with Crippen LogP contribution in [0.2, 0.25) is 0 Å². The molecule has 0 amide bonds. The maximum absolute atomic E-state index is 5.95. The third kappa shape index (κ3) is 3.78. The standard InChI is InChI=1S/C16H15Br2ClO/c1-10-3-4-11(2)13(5-10)9-20-16-14(17)6-12(8-19)7-15(16)18/h3-7H,8-9H2,1-2H3. The molecule has 0 aliphatic rings. The van der Waals surface area contributed by atoms with E-state index in [1.165, 1.54) is 16.7 Å². The van der Waals surface area contributed by atoms with Gasteiger partial charge in [0.1, 0.15) is 12.4 Å². The van der Waals surface area contributed by atoms with Crippen LogP contribution in [0.25, 0.3) is 0 Å². The summed E-state index contributed by atoms with van der Waals surface area (Å²) >= 11 is 12.9. The zero-order valence-corrected chi connectivity index (χ0v) is 15.3. The van der Waals surface area contributed by atoms with Gasteiger partial charge in [0.25, 0.3) is 0 Å². The summed E-state index contributed by atoms with van der Waals surface area (Å²) in [5, 5.41) is 0. The maximum Gasteiger partial charge on any atom is 0.148 e. The Kier molecular flexibility index (Phi) is 5.53. The van der Waals surface area contributed by atoms with E-state index < -0.39 is 0 Å². The lowest BCUT2D eigenvalue weighted by Gasteiger charge is -2.13. The first kappa shape index (κ1) is 15.9. The van der Waals surface area contributed by atoms with Gasteiger partial charge in [-0.3, -0.25) is 0 Å². The van der Waals surface area contributed by atoms with Crippen LogP contribution in [0.5, 0.6) is 5.75 Å². The number of aryl methyl sites for hydroxylation is 2. The smallest absolute Gasteiger partial charge is 0.148 e.